The number of aliphatic carboxylic acids is 1. The molecule has 0 amide bonds. The van der Waals surface area contributed by atoms with Crippen molar-refractivity contribution >= 4 is 5.97 Å². The van der Waals surface area contributed by atoms with Crippen molar-refractivity contribution in [2.75, 3.05) is 39.8 Å². The topological polar surface area (TPSA) is 64.0 Å². The standard InChI is InChI=1S/C16H24N2O3/c1-14(10-17(2)8-9-19)11-18(13-16(20)21)12-15-6-4-3-5-7-15/h3-7,19H,1,8-13H2,2H3,(H,20,21). The number of nitrogens with zero attached hydrogens (tertiary/aromatic N) is 2. The first-order valence-electron chi connectivity index (χ1n) is 6.95. The zero-order chi connectivity index (χ0) is 15.7. The second-order valence-corrected chi connectivity index (χ2v) is 5.24. The number of likely N-dealkylation sites (N-methyl/N-ethyl adjacent to an activating group) is 1. The predicted octanol–water partition coefficient (Wildman–Crippen LogP) is 1.05. The molecule has 0 fully saturated rings. The molecule has 0 saturated heterocycles. The number of benzene rings is 1. The fraction of sp³-hybridized carbons (Fsp3) is 0.438. The van der Waals surface area contributed by atoms with Gasteiger partial charge in [0.05, 0.1) is 13.2 Å². The average Bonchev–Trinajstić information content (AvgIpc) is 2.38. The summed E-state index contributed by atoms with van der Waals surface area (Å²) in [5.41, 5.74) is 2.01. The molecule has 2 N–H and O–H groups in total. The molecule has 0 bridgehead atoms. The van der Waals surface area contributed by atoms with Gasteiger partial charge in [-0.25, -0.2) is 0 Å². The molecule has 5 heteroatoms. The highest BCUT2D eigenvalue weighted by atomic mass is 16.4. The molecule has 1 rings (SSSR count). The summed E-state index contributed by atoms with van der Waals surface area (Å²) in [4.78, 5) is 14.8. The van der Waals surface area contributed by atoms with E-state index in [0.717, 1.165) is 11.1 Å². The molecule has 0 aliphatic carbocycles. The maximum atomic E-state index is 11.0. The van der Waals surface area contributed by atoms with Gasteiger partial charge in [0.1, 0.15) is 0 Å². The third-order valence-corrected chi connectivity index (χ3v) is 3.03. The van der Waals surface area contributed by atoms with Crippen molar-refractivity contribution in [3.05, 3.63) is 48.0 Å². The van der Waals surface area contributed by atoms with Crippen molar-refractivity contribution < 1.29 is 15.0 Å². The number of rotatable bonds is 10. The minimum Gasteiger partial charge on any atom is -0.480 e. The van der Waals surface area contributed by atoms with Gasteiger partial charge in [-0.1, -0.05) is 36.9 Å². The molecule has 0 heterocycles. The first-order chi connectivity index (χ1) is 10.0. The largest absolute Gasteiger partial charge is 0.480 e. The quantitative estimate of drug-likeness (QED) is 0.631. The Morgan fingerprint density at radius 3 is 2.43 bits per heavy atom. The smallest absolute Gasteiger partial charge is 0.317 e. The van der Waals surface area contributed by atoms with Crippen molar-refractivity contribution in [2.24, 2.45) is 0 Å². The Hall–Kier alpha value is -1.69. The maximum Gasteiger partial charge on any atom is 0.317 e. The van der Waals surface area contributed by atoms with E-state index in [9.17, 15) is 4.79 Å². The van der Waals surface area contributed by atoms with E-state index in [1.54, 1.807) is 0 Å². The van der Waals surface area contributed by atoms with E-state index in [-0.39, 0.29) is 13.2 Å². The average molecular weight is 292 g/mol. The number of carboxylic acid groups (broad SMARTS) is 1. The molecule has 0 unspecified atom stereocenters. The van der Waals surface area contributed by atoms with Crippen LogP contribution in [0.4, 0.5) is 0 Å². The summed E-state index contributed by atoms with van der Waals surface area (Å²) in [5.74, 6) is -0.845. The van der Waals surface area contributed by atoms with Gasteiger partial charge in [0.15, 0.2) is 0 Å². The first-order valence-corrected chi connectivity index (χ1v) is 6.95. The zero-order valence-corrected chi connectivity index (χ0v) is 12.5. The third kappa shape index (κ3) is 7.60. The lowest BCUT2D eigenvalue weighted by Crippen LogP contribution is -2.34. The summed E-state index contributed by atoms with van der Waals surface area (Å²) in [6, 6.07) is 9.79. The van der Waals surface area contributed by atoms with E-state index in [2.05, 4.69) is 6.58 Å². The number of carbonyl (C=O) groups is 1. The van der Waals surface area contributed by atoms with Crippen LogP contribution in [-0.2, 0) is 11.3 Å². The monoisotopic (exact) mass is 292 g/mol. The van der Waals surface area contributed by atoms with Gasteiger partial charge in [-0.2, -0.15) is 0 Å². The number of carboxylic acids is 1. The first kappa shape index (κ1) is 17.4. The molecule has 0 spiro atoms. The van der Waals surface area contributed by atoms with Crippen LogP contribution < -0.4 is 0 Å². The summed E-state index contributed by atoms with van der Waals surface area (Å²) in [7, 11) is 1.90. The van der Waals surface area contributed by atoms with Gasteiger partial charge in [-0.05, 0) is 18.2 Å². The molecule has 1 aromatic rings. The minimum absolute atomic E-state index is 0.0162. The van der Waals surface area contributed by atoms with Crippen molar-refractivity contribution in [1.29, 1.82) is 0 Å². The van der Waals surface area contributed by atoms with E-state index < -0.39 is 5.97 Å². The highest BCUT2D eigenvalue weighted by Gasteiger charge is 2.12. The molecule has 0 aliphatic heterocycles. The van der Waals surface area contributed by atoms with E-state index in [4.69, 9.17) is 10.2 Å². The number of aliphatic hydroxyl groups is 1. The molecule has 21 heavy (non-hydrogen) atoms. The molecule has 5 nitrogen and oxygen atoms in total. The van der Waals surface area contributed by atoms with E-state index in [1.807, 2.05) is 47.2 Å². The van der Waals surface area contributed by atoms with Crippen LogP contribution in [0.5, 0.6) is 0 Å². The van der Waals surface area contributed by atoms with E-state index >= 15 is 0 Å². The predicted molar refractivity (Wildman–Crippen MR) is 83.1 cm³/mol. The highest BCUT2D eigenvalue weighted by molar-refractivity contribution is 5.69. The molecule has 0 radical (unpaired) electrons. The lowest BCUT2D eigenvalue weighted by atomic mass is 10.2. The summed E-state index contributed by atoms with van der Waals surface area (Å²) in [6.07, 6.45) is 0. The Labute approximate surface area is 126 Å². The Morgan fingerprint density at radius 1 is 1.19 bits per heavy atom. The number of hydrogen-bond acceptors (Lipinski definition) is 4. The van der Waals surface area contributed by atoms with Crippen LogP contribution in [0.1, 0.15) is 5.56 Å². The maximum absolute atomic E-state index is 11.0. The van der Waals surface area contributed by atoms with Crippen LogP contribution in [0.2, 0.25) is 0 Å². The Kier molecular flexibility index (Phi) is 7.68. The summed E-state index contributed by atoms with van der Waals surface area (Å²) < 4.78 is 0. The zero-order valence-electron chi connectivity index (χ0n) is 12.5. The third-order valence-electron chi connectivity index (χ3n) is 3.03. The van der Waals surface area contributed by atoms with E-state index in [0.29, 0.717) is 26.2 Å². The molecule has 0 aliphatic rings. The summed E-state index contributed by atoms with van der Waals surface area (Å²) in [5, 5.41) is 17.9. The normalized spacial score (nSPS) is 11.0. The fourth-order valence-corrected chi connectivity index (χ4v) is 2.20. The second kappa shape index (κ2) is 9.28. The molecular weight excluding hydrogens is 268 g/mol. The van der Waals surface area contributed by atoms with Crippen LogP contribution in [0.3, 0.4) is 0 Å². The SMILES string of the molecule is C=C(CN(C)CCO)CN(CC(=O)O)Cc1ccccc1. The van der Waals surface area contributed by atoms with Crippen molar-refractivity contribution in [1.82, 2.24) is 9.80 Å². The lowest BCUT2D eigenvalue weighted by Gasteiger charge is -2.24. The molecule has 0 aromatic heterocycles. The van der Waals surface area contributed by atoms with Crippen LogP contribution in [0, 0.1) is 0 Å². The van der Waals surface area contributed by atoms with Crippen LogP contribution in [0.15, 0.2) is 42.5 Å². The lowest BCUT2D eigenvalue weighted by molar-refractivity contribution is -0.138. The second-order valence-electron chi connectivity index (χ2n) is 5.24. The van der Waals surface area contributed by atoms with Gasteiger partial charge in [0.25, 0.3) is 0 Å². The molecule has 116 valence electrons. The molecule has 0 saturated carbocycles. The van der Waals surface area contributed by atoms with Crippen LogP contribution >= 0.6 is 0 Å². The van der Waals surface area contributed by atoms with Gasteiger partial charge < -0.3 is 15.1 Å². The van der Waals surface area contributed by atoms with Crippen molar-refractivity contribution in [2.45, 2.75) is 6.54 Å². The Bertz CT molecular complexity index is 448. The van der Waals surface area contributed by atoms with Crippen LogP contribution in [0.25, 0.3) is 0 Å². The van der Waals surface area contributed by atoms with Gasteiger partial charge in [0, 0.05) is 26.2 Å². The summed E-state index contributed by atoms with van der Waals surface area (Å²) in [6.45, 7) is 6.42. The van der Waals surface area contributed by atoms with Crippen molar-refractivity contribution in [3.8, 4) is 0 Å². The van der Waals surface area contributed by atoms with Gasteiger partial charge in [0.2, 0.25) is 0 Å². The Balaban J connectivity index is 2.57. The fourth-order valence-electron chi connectivity index (χ4n) is 2.20. The number of hydrogen-bond donors (Lipinski definition) is 2. The van der Waals surface area contributed by atoms with Gasteiger partial charge in [-0.15, -0.1) is 0 Å². The van der Waals surface area contributed by atoms with Gasteiger partial charge in [-0.3, -0.25) is 9.69 Å². The van der Waals surface area contributed by atoms with Gasteiger partial charge >= 0.3 is 5.97 Å². The minimum atomic E-state index is -0.845. The highest BCUT2D eigenvalue weighted by Crippen LogP contribution is 2.07. The summed E-state index contributed by atoms with van der Waals surface area (Å²) >= 11 is 0. The Morgan fingerprint density at radius 2 is 1.86 bits per heavy atom. The molecular formula is C16H24N2O3. The van der Waals surface area contributed by atoms with Crippen molar-refractivity contribution in [3.63, 3.8) is 0 Å². The number of aliphatic hydroxyl groups excluding tert-OH is 1. The molecule has 0 atom stereocenters. The van der Waals surface area contributed by atoms with Crippen LogP contribution in [-0.4, -0.2) is 65.8 Å². The van der Waals surface area contributed by atoms with E-state index in [1.165, 1.54) is 0 Å². The molecule has 1 aromatic carbocycles.